The zero-order valence-electron chi connectivity index (χ0n) is 13.9. The molecule has 3 rings (SSSR count). The highest BCUT2D eigenvalue weighted by Gasteiger charge is 2.33. The summed E-state index contributed by atoms with van der Waals surface area (Å²) in [6.07, 6.45) is 0.825. The average Bonchev–Trinajstić information content (AvgIpc) is 2.56. The summed E-state index contributed by atoms with van der Waals surface area (Å²) in [5, 5.41) is 0. The van der Waals surface area contributed by atoms with Gasteiger partial charge in [-0.15, -0.1) is 0 Å². The first kappa shape index (κ1) is 18.3. The summed E-state index contributed by atoms with van der Waals surface area (Å²) in [5.74, 6) is 0.811. The number of hydrogen-bond donors (Lipinski definition) is 0. The predicted molar refractivity (Wildman–Crippen MR) is 88.9 cm³/mol. The lowest BCUT2D eigenvalue weighted by atomic mass is 9.88. The number of rotatable bonds is 5. The molecule has 0 saturated heterocycles. The van der Waals surface area contributed by atoms with Crippen LogP contribution in [0.25, 0.3) is 0 Å². The SMILES string of the molecule is CN(C)CCCOC(=O)C1c2ccccc2Oc2ccccc21.[Cl-]. The van der Waals surface area contributed by atoms with Crippen LogP contribution in [0.4, 0.5) is 0 Å². The molecule has 128 valence electrons. The highest BCUT2D eigenvalue weighted by molar-refractivity contribution is 5.85. The summed E-state index contributed by atoms with van der Waals surface area (Å²) in [5.41, 5.74) is 1.73. The van der Waals surface area contributed by atoms with Gasteiger partial charge in [-0.05, 0) is 32.6 Å². The van der Waals surface area contributed by atoms with E-state index in [1.165, 1.54) is 0 Å². The Morgan fingerprint density at radius 1 is 1.04 bits per heavy atom. The maximum Gasteiger partial charge on any atom is 0.318 e. The number of fused-ring (bicyclic) bond motifs is 2. The minimum atomic E-state index is -0.421. The molecule has 0 bridgehead atoms. The average molecular weight is 347 g/mol. The molecule has 0 radical (unpaired) electrons. The van der Waals surface area contributed by atoms with E-state index in [-0.39, 0.29) is 18.4 Å². The highest BCUT2D eigenvalue weighted by Crippen LogP contribution is 2.44. The summed E-state index contributed by atoms with van der Waals surface area (Å²) in [7, 11) is 4.01. The van der Waals surface area contributed by atoms with Gasteiger partial charge in [-0.2, -0.15) is 0 Å². The second-order valence-corrected chi connectivity index (χ2v) is 5.94. The van der Waals surface area contributed by atoms with Crippen molar-refractivity contribution in [2.24, 2.45) is 0 Å². The van der Waals surface area contributed by atoms with Crippen LogP contribution in [0.3, 0.4) is 0 Å². The van der Waals surface area contributed by atoms with Crippen molar-refractivity contribution >= 4 is 5.97 Å². The van der Waals surface area contributed by atoms with E-state index in [4.69, 9.17) is 9.47 Å². The van der Waals surface area contributed by atoms with Gasteiger partial charge in [-0.3, -0.25) is 4.79 Å². The number of esters is 1. The molecule has 2 aromatic carbocycles. The van der Waals surface area contributed by atoms with E-state index in [0.717, 1.165) is 35.6 Å². The summed E-state index contributed by atoms with van der Waals surface area (Å²) < 4.78 is 11.4. The molecule has 2 aromatic rings. The number of benzene rings is 2. The molecule has 0 spiro atoms. The van der Waals surface area contributed by atoms with E-state index in [9.17, 15) is 4.79 Å². The van der Waals surface area contributed by atoms with Crippen LogP contribution in [0.2, 0.25) is 0 Å². The van der Waals surface area contributed by atoms with Crippen LogP contribution in [-0.4, -0.2) is 38.1 Å². The van der Waals surface area contributed by atoms with Crippen molar-refractivity contribution < 1.29 is 26.7 Å². The van der Waals surface area contributed by atoms with Crippen LogP contribution in [0.5, 0.6) is 11.5 Å². The maximum absolute atomic E-state index is 12.7. The van der Waals surface area contributed by atoms with Crippen molar-refractivity contribution in [3.8, 4) is 11.5 Å². The highest BCUT2D eigenvalue weighted by atomic mass is 35.5. The third-order valence-corrected chi connectivity index (χ3v) is 3.91. The number of carbonyl (C=O) groups excluding carboxylic acids is 1. The summed E-state index contributed by atoms with van der Waals surface area (Å²) >= 11 is 0. The van der Waals surface area contributed by atoms with Gasteiger partial charge >= 0.3 is 5.97 Å². The molecule has 0 aromatic heterocycles. The van der Waals surface area contributed by atoms with E-state index in [1.54, 1.807) is 0 Å². The summed E-state index contributed by atoms with van der Waals surface area (Å²) in [6, 6.07) is 15.3. The molecule has 4 nitrogen and oxygen atoms in total. The number of nitrogens with zero attached hydrogens (tertiary/aromatic N) is 1. The Hall–Kier alpha value is -2.04. The van der Waals surface area contributed by atoms with E-state index in [2.05, 4.69) is 4.90 Å². The molecular weight excluding hydrogens is 326 g/mol. The third-order valence-electron chi connectivity index (χ3n) is 3.91. The molecule has 0 amide bonds. The lowest BCUT2D eigenvalue weighted by Crippen LogP contribution is -3.00. The van der Waals surface area contributed by atoms with Gasteiger partial charge < -0.3 is 26.8 Å². The van der Waals surface area contributed by atoms with Gasteiger partial charge in [0.15, 0.2) is 0 Å². The topological polar surface area (TPSA) is 38.8 Å². The van der Waals surface area contributed by atoms with Gasteiger partial charge in [-0.1, -0.05) is 36.4 Å². The first-order valence-electron chi connectivity index (χ1n) is 7.84. The van der Waals surface area contributed by atoms with Gasteiger partial charge in [-0.25, -0.2) is 0 Å². The summed E-state index contributed by atoms with van der Waals surface area (Å²) in [4.78, 5) is 14.8. The normalized spacial score (nSPS) is 12.6. The van der Waals surface area contributed by atoms with E-state index < -0.39 is 5.92 Å². The Morgan fingerprint density at radius 2 is 1.58 bits per heavy atom. The Labute approximate surface area is 148 Å². The van der Waals surface area contributed by atoms with Crippen LogP contribution >= 0.6 is 0 Å². The molecule has 0 N–H and O–H groups in total. The van der Waals surface area contributed by atoms with Crippen LogP contribution in [-0.2, 0) is 9.53 Å². The zero-order valence-corrected chi connectivity index (χ0v) is 14.6. The monoisotopic (exact) mass is 346 g/mol. The van der Waals surface area contributed by atoms with Crippen molar-refractivity contribution in [3.63, 3.8) is 0 Å². The lowest BCUT2D eigenvalue weighted by molar-refractivity contribution is -0.144. The van der Waals surface area contributed by atoms with E-state index in [1.807, 2.05) is 62.6 Å². The molecule has 0 saturated carbocycles. The van der Waals surface area contributed by atoms with Crippen LogP contribution in [0.1, 0.15) is 23.5 Å². The molecule has 1 aliphatic heterocycles. The van der Waals surface area contributed by atoms with Crippen molar-refractivity contribution in [3.05, 3.63) is 59.7 Å². The Kier molecular flexibility index (Phi) is 6.23. The molecule has 0 aliphatic carbocycles. The molecule has 0 fully saturated rings. The van der Waals surface area contributed by atoms with Crippen LogP contribution in [0, 0.1) is 0 Å². The first-order valence-corrected chi connectivity index (χ1v) is 7.84. The Balaban J connectivity index is 0.00000208. The summed E-state index contributed by atoms with van der Waals surface area (Å²) in [6.45, 7) is 1.33. The number of ether oxygens (including phenoxy) is 2. The van der Waals surface area contributed by atoms with Gasteiger partial charge in [0.2, 0.25) is 0 Å². The second-order valence-electron chi connectivity index (χ2n) is 5.94. The minimum absolute atomic E-state index is 0. The van der Waals surface area contributed by atoms with Crippen molar-refractivity contribution in [2.45, 2.75) is 12.3 Å². The lowest BCUT2D eigenvalue weighted by Gasteiger charge is -2.26. The predicted octanol–water partition coefficient (Wildman–Crippen LogP) is 0.423. The molecular formula is C19H21ClNO3-. The molecule has 5 heteroatoms. The van der Waals surface area contributed by atoms with E-state index >= 15 is 0 Å². The molecule has 0 atom stereocenters. The van der Waals surface area contributed by atoms with Crippen molar-refractivity contribution in [1.82, 2.24) is 4.90 Å². The van der Waals surface area contributed by atoms with Gasteiger partial charge in [0, 0.05) is 17.7 Å². The minimum Gasteiger partial charge on any atom is -1.00 e. The molecule has 0 unspecified atom stereocenters. The van der Waals surface area contributed by atoms with Crippen molar-refractivity contribution in [2.75, 3.05) is 27.2 Å². The maximum atomic E-state index is 12.7. The van der Waals surface area contributed by atoms with Crippen molar-refractivity contribution in [1.29, 1.82) is 0 Å². The first-order chi connectivity index (χ1) is 11.2. The fourth-order valence-electron chi connectivity index (χ4n) is 2.80. The van der Waals surface area contributed by atoms with Crippen LogP contribution in [0.15, 0.2) is 48.5 Å². The van der Waals surface area contributed by atoms with Crippen LogP contribution < -0.4 is 17.1 Å². The zero-order chi connectivity index (χ0) is 16.2. The van der Waals surface area contributed by atoms with Gasteiger partial charge in [0.25, 0.3) is 0 Å². The van der Waals surface area contributed by atoms with E-state index in [0.29, 0.717) is 6.61 Å². The smallest absolute Gasteiger partial charge is 0.318 e. The molecule has 1 heterocycles. The Morgan fingerprint density at radius 3 is 2.12 bits per heavy atom. The fraction of sp³-hybridized carbons (Fsp3) is 0.316. The van der Waals surface area contributed by atoms with Gasteiger partial charge in [0.05, 0.1) is 6.61 Å². The molecule has 1 aliphatic rings. The molecule has 24 heavy (non-hydrogen) atoms. The largest absolute Gasteiger partial charge is 1.00 e. The number of para-hydroxylation sites is 2. The number of carbonyl (C=O) groups is 1. The number of halogens is 1. The second kappa shape index (κ2) is 8.18. The third kappa shape index (κ3) is 3.89. The Bertz CT molecular complexity index is 657. The quantitative estimate of drug-likeness (QED) is 0.581. The number of hydrogen-bond acceptors (Lipinski definition) is 4. The van der Waals surface area contributed by atoms with Gasteiger partial charge in [0.1, 0.15) is 17.4 Å². The fourth-order valence-corrected chi connectivity index (χ4v) is 2.80. The standard InChI is InChI=1S/C19H21NO3.ClH/c1-20(2)12-7-13-22-19(21)18-14-8-3-5-10-16(14)23-17-11-6-4-9-15(17)18;/h3-6,8-11,18H,7,12-13H2,1-2H3;1H/p-1.